The fraction of sp³-hybridized carbons (Fsp3) is 0.870. The number of aromatic nitrogens is 3. The number of halogens is 1. The second-order valence-corrected chi connectivity index (χ2v) is 10.5. The van der Waals surface area contributed by atoms with Gasteiger partial charge in [-0.3, -0.25) is 4.90 Å². The van der Waals surface area contributed by atoms with Gasteiger partial charge in [0.05, 0.1) is 0 Å². The van der Waals surface area contributed by atoms with Crippen molar-refractivity contribution in [1.82, 2.24) is 29.9 Å². The third kappa shape index (κ3) is 7.75. The van der Waals surface area contributed by atoms with Gasteiger partial charge in [-0.1, -0.05) is 13.8 Å². The molecule has 1 aliphatic heterocycles. The monoisotopic (exact) mass is 577 g/mol. The number of thioether (sulfide) groups is 1. The molecule has 32 heavy (non-hydrogen) atoms. The number of hydrogen-bond donors (Lipinski definition) is 1. The Kier molecular flexibility index (Phi) is 12.1. The van der Waals surface area contributed by atoms with Crippen molar-refractivity contribution in [3.63, 3.8) is 0 Å². The molecule has 184 valence electrons. The Labute approximate surface area is 216 Å². The van der Waals surface area contributed by atoms with Gasteiger partial charge in [0.25, 0.3) is 0 Å². The molecule has 0 bridgehead atoms. The number of nitrogens with one attached hydrogen (secondary N) is 1. The summed E-state index contributed by atoms with van der Waals surface area (Å²) in [5.41, 5.74) is 0. The zero-order valence-corrected chi connectivity index (χ0v) is 23.9. The van der Waals surface area contributed by atoms with Crippen LogP contribution in [-0.4, -0.2) is 81.3 Å². The first-order valence-corrected chi connectivity index (χ1v) is 13.5. The fourth-order valence-electron chi connectivity index (χ4n) is 4.85. The fourth-order valence-corrected chi connectivity index (χ4v) is 5.28. The maximum Gasteiger partial charge on any atom is 0.194 e. The quantitative estimate of drug-likeness (QED) is 0.220. The van der Waals surface area contributed by atoms with Gasteiger partial charge in [-0.25, -0.2) is 4.99 Å². The first-order chi connectivity index (χ1) is 15.0. The average molecular weight is 578 g/mol. The largest absolute Gasteiger partial charge is 0.356 e. The van der Waals surface area contributed by atoms with Crippen molar-refractivity contribution in [2.75, 3.05) is 44.7 Å². The molecule has 1 aliphatic carbocycles. The Morgan fingerprint density at radius 2 is 1.81 bits per heavy atom. The van der Waals surface area contributed by atoms with E-state index in [9.17, 15) is 0 Å². The minimum Gasteiger partial charge on any atom is -0.356 e. The summed E-state index contributed by atoms with van der Waals surface area (Å²) < 4.78 is 2.03. The second-order valence-electron chi connectivity index (χ2n) is 9.47. The van der Waals surface area contributed by atoms with Crippen molar-refractivity contribution in [1.29, 1.82) is 0 Å². The van der Waals surface area contributed by atoms with Crippen molar-refractivity contribution >= 4 is 41.7 Å². The third-order valence-corrected chi connectivity index (χ3v) is 7.87. The van der Waals surface area contributed by atoms with E-state index in [1.54, 1.807) is 0 Å². The van der Waals surface area contributed by atoms with E-state index in [1.165, 1.54) is 31.4 Å². The van der Waals surface area contributed by atoms with Crippen LogP contribution in [-0.2, 0) is 13.6 Å². The lowest BCUT2D eigenvalue weighted by atomic mass is 9.79. The van der Waals surface area contributed by atoms with Crippen LogP contribution in [0.1, 0.15) is 57.6 Å². The summed E-state index contributed by atoms with van der Waals surface area (Å²) in [5.74, 6) is 5.83. The molecular formula is C23H44IN7S. The summed E-state index contributed by atoms with van der Waals surface area (Å²) in [6, 6.07) is 0.786. The van der Waals surface area contributed by atoms with Crippen LogP contribution in [0.5, 0.6) is 0 Å². The maximum atomic E-state index is 4.94. The zero-order valence-electron chi connectivity index (χ0n) is 20.7. The van der Waals surface area contributed by atoms with Gasteiger partial charge < -0.3 is 14.8 Å². The number of nitrogens with zero attached hydrogens (tertiary/aromatic N) is 6. The van der Waals surface area contributed by atoms with Crippen LogP contribution in [0.3, 0.4) is 0 Å². The van der Waals surface area contributed by atoms with Crippen molar-refractivity contribution < 1.29 is 0 Å². The first-order valence-electron chi connectivity index (χ1n) is 12.1. The van der Waals surface area contributed by atoms with Crippen LogP contribution < -0.4 is 5.32 Å². The van der Waals surface area contributed by atoms with Crippen LogP contribution in [0.15, 0.2) is 4.99 Å². The van der Waals surface area contributed by atoms with E-state index >= 15 is 0 Å². The van der Waals surface area contributed by atoms with Crippen LogP contribution in [0, 0.1) is 18.8 Å². The smallest absolute Gasteiger partial charge is 0.194 e. The topological polar surface area (TPSA) is 61.6 Å². The van der Waals surface area contributed by atoms with Crippen molar-refractivity contribution in [2.24, 2.45) is 23.9 Å². The molecule has 3 rings (SSSR count). The molecule has 1 saturated heterocycles. The predicted molar refractivity (Wildman–Crippen MR) is 147 cm³/mol. The van der Waals surface area contributed by atoms with Gasteiger partial charge >= 0.3 is 0 Å². The summed E-state index contributed by atoms with van der Waals surface area (Å²) in [4.78, 5) is 10.1. The molecule has 0 radical (unpaired) electrons. The average Bonchev–Trinajstić information content (AvgIpc) is 3.11. The highest BCUT2D eigenvalue weighted by Gasteiger charge is 2.30. The minimum atomic E-state index is 0. The molecule has 9 heteroatoms. The van der Waals surface area contributed by atoms with Crippen LogP contribution in [0.2, 0.25) is 0 Å². The number of aliphatic imine (C=N–C) groups is 1. The van der Waals surface area contributed by atoms with Gasteiger partial charge in [0.2, 0.25) is 0 Å². The highest BCUT2D eigenvalue weighted by Crippen LogP contribution is 2.32. The molecule has 1 saturated carbocycles. The Balaban J connectivity index is 0.00000363. The van der Waals surface area contributed by atoms with E-state index in [0.717, 1.165) is 74.6 Å². The summed E-state index contributed by atoms with van der Waals surface area (Å²) in [6.07, 6.45) is 8.89. The van der Waals surface area contributed by atoms with Crippen molar-refractivity contribution in [2.45, 2.75) is 65.5 Å². The standard InChI is InChI=1S/C23H43N7S.HI/c1-18(2)20-7-9-21(10-8-20)29-12-14-30(15-13-29)23(24-11-6-16-31-5)25-17-22-27-26-19(3)28(22)4;/h18,20-21H,6-17H2,1-5H3,(H,24,25);1H. The van der Waals surface area contributed by atoms with E-state index in [4.69, 9.17) is 4.99 Å². The Morgan fingerprint density at radius 1 is 1.12 bits per heavy atom. The molecule has 1 aromatic heterocycles. The Bertz CT molecular complexity index is 693. The molecule has 0 unspecified atom stereocenters. The van der Waals surface area contributed by atoms with Crippen LogP contribution in [0.4, 0.5) is 0 Å². The second kappa shape index (κ2) is 14.0. The van der Waals surface area contributed by atoms with Gasteiger partial charge in [0.1, 0.15) is 12.4 Å². The van der Waals surface area contributed by atoms with Crippen molar-refractivity contribution in [3.8, 4) is 0 Å². The highest BCUT2D eigenvalue weighted by molar-refractivity contribution is 14.0. The summed E-state index contributed by atoms with van der Waals surface area (Å²) in [5, 5.41) is 12.1. The first kappa shape index (κ1) is 27.7. The van der Waals surface area contributed by atoms with E-state index in [-0.39, 0.29) is 24.0 Å². The van der Waals surface area contributed by atoms with Gasteiger partial charge in [-0.05, 0) is 62.9 Å². The Morgan fingerprint density at radius 3 is 2.38 bits per heavy atom. The lowest BCUT2D eigenvalue weighted by molar-refractivity contribution is 0.0864. The SMILES string of the molecule is CSCCCNC(=NCc1nnc(C)n1C)N1CCN(C2CCC(C(C)C)CC2)CC1.I. The third-order valence-electron chi connectivity index (χ3n) is 7.18. The summed E-state index contributed by atoms with van der Waals surface area (Å²) >= 11 is 1.90. The summed E-state index contributed by atoms with van der Waals surface area (Å²) in [7, 11) is 2.01. The lowest BCUT2D eigenvalue weighted by Gasteiger charge is -2.43. The molecule has 0 atom stereocenters. The van der Waals surface area contributed by atoms with E-state index in [0.29, 0.717) is 6.54 Å². The number of piperazine rings is 1. The molecule has 0 aromatic carbocycles. The van der Waals surface area contributed by atoms with E-state index in [2.05, 4.69) is 45.4 Å². The van der Waals surface area contributed by atoms with Crippen molar-refractivity contribution in [3.05, 3.63) is 11.6 Å². The molecule has 2 aliphatic rings. The van der Waals surface area contributed by atoms with Crippen LogP contribution >= 0.6 is 35.7 Å². The lowest BCUT2D eigenvalue weighted by Crippen LogP contribution is -2.55. The van der Waals surface area contributed by atoms with Gasteiger partial charge in [0, 0.05) is 45.8 Å². The molecule has 2 heterocycles. The normalized spacial score (nSPS) is 22.8. The van der Waals surface area contributed by atoms with Gasteiger partial charge in [-0.15, -0.1) is 34.2 Å². The Hall–Kier alpha value is -0.550. The molecule has 1 N–H and O–H groups in total. The maximum absolute atomic E-state index is 4.94. The van der Waals surface area contributed by atoms with Crippen LogP contribution in [0.25, 0.3) is 0 Å². The molecular weight excluding hydrogens is 533 g/mol. The molecule has 2 fully saturated rings. The van der Waals surface area contributed by atoms with E-state index < -0.39 is 0 Å². The molecule has 7 nitrogen and oxygen atoms in total. The number of rotatable bonds is 8. The number of guanidine groups is 1. The zero-order chi connectivity index (χ0) is 22.2. The highest BCUT2D eigenvalue weighted by atomic mass is 127. The van der Waals surface area contributed by atoms with Gasteiger partial charge in [0.15, 0.2) is 11.8 Å². The molecule has 0 spiro atoms. The molecule has 1 aromatic rings. The van der Waals surface area contributed by atoms with Gasteiger partial charge in [-0.2, -0.15) is 11.8 Å². The summed E-state index contributed by atoms with van der Waals surface area (Å²) in [6.45, 7) is 12.7. The van der Waals surface area contributed by atoms with E-state index in [1.807, 2.05) is 30.3 Å². The molecule has 0 amide bonds. The minimum absolute atomic E-state index is 0. The number of hydrogen-bond acceptors (Lipinski definition) is 5. The predicted octanol–water partition coefficient (Wildman–Crippen LogP) is 3.77. The number of aryl methyl sites for hydroxylation is 1.